The van der Waals surface area contributed by atoms with Crippen molar-refractivity contribution in [3.05, 3.63) is 0 Å². The molecule has 4 rings (SSSR count). The molecule has 0 aromatic carbocycles. The normalized spacial score (nSPS) is 46.3. The van der Waals surface area contributed by atoms with Gasteiger partial charge in [-0.05, 0) is 0 Å². The zero-order valence-electron chi connectivity index (χ0n) is 27.8. The van der Waals surface area contributed by atoms with Crippen LogP contribution in [0.3, 0.4) is 0 Å². The minimum atomic E-state index is -2.30. The van der Waals surface area contributed by atoms with Gasteiger partial charge in [-0.25, -0.2) is 9.59 Å². The number of amides is 2. The Morgan fingerprint density at radius 2 is 0.943 bits per heavy atom. The molecule has 0 saturated carbocycles. The van der Waals surface area contributed by atoms with E-state index in [0.717, 1.165) is 13.8 Å². The number of aliphatic carboxylic acids is 2. The predicted octanol–water partition coefficient (Wildman–Crippen LogP) is -9.28. The van der Waals surface area contributed by atoms with E-state index in [-0.39, 0.29) is 0 Å². The monoisotopic (exact) mass is 776 g/mol. The van der Waals surface area contributed by atoms with E-state index in [9.17, 15) is 80.5 Å². The first-order valence-corrected chi connectivity index (χ1v) is 16.1. The van der Waals surface area contributed by atoms with Crippen molar-refractivity contribution in [2.75, 3.05) is 13.2 Å². The van der Waals surface area contributed by atoms with Crippen LogP contribution in [0.5, 0.6) is 0 Å². The standard InChI is InChI=1S/C28H44N2O23/c1-5(33)29-9-18(11(35)7(3-31)47-25(9)46)49-28-17(41)15(39)20(22(53-28)24(44)45)51-26-10(30-6(2)34)19(12(36)8(4-32)48-26)50-27-16(40)13(37)14(38)21(52-27)23(42)43/h7-22,25-28,31-32,35-41,46H,3-4H2,1-2H3,(H,29,33)(H,30,34)(H,42,43)(H,44,45)/t7-,8-,9-,10-,11-,12-,13+,14+,15-,16-,17-,18-,19-,20+,21+,22+,25?,26+,27-,28-/m1/s1. The third-order valence-corrected chi connectivity index (χ3v) is 8.94. The molecule has 4 aliphatic heterocycles. The molecule has 20 atom stereocenters. The van der Waals surface area contributed by atoms with Crippen molar-refractivity contribution in [2.45, 2.75) is 137 Å². The number of hydrogen-bond acceptors (Lipinski definition) is 21. The quantitative estimate of drug-likeness (QED) is 0.0875. The van der Waals surface area contributed by atoms with Crippen LogP contribution in [0.4, 0.5) is 0 Å². The third kappa shape index (κ3) is 9.19. The molecule has 25 heteroatoms. The smallest absolute Gasteiger partial charge is 0.335 e. The topological polar surface area (TPSA) is 400 Å². The number of carboxylic acid groups (broad SMARTS) is 2. The maximum Gasteiger partial charge on any atom is 0.335 e. The molecule has 1 unspecified atom stereocenters. The maximum atomic E-state index is 12.5. The second-order valence-electron chi connectivity index (χ2n) is 12.7. The summed E-state index contributed by atoms with van der Waals surface area (Å²) in [6, 6.07) is -3.38. The van der Waals surface area contributed by atoms with Crippen LogP contribution in [-0.2, 0) is 52.3 Å². The molecule has 0 aromatic rings. The van der Waals surface area contributed by atoms with Gasteiger partial charge in [0.25, 0.3) is 0 Å². The van der Waals surface area contributed by atoms with Gasteiger partial charge in [-0.2, -0.15) is 0 Å². The van der Waals surface area contributed by atoms with Crippen LogP contribution in [-0.4, -0.2) is 221 Å². The highest BCUT2D eigenvalue weighted by molar-refractivity contribution is 5.74. The minimum Gasteiger partial charge on any atom is -0.479 e. The maximum absolute atomic E-state index is 12.5. The number of aliphatic hydroxyl groups is 10. The Morgan fingerprint density at radius 1 is 0.509 bits per heavy atom. The number of hydrogen-bond donors (Lipinski definition) is 14. The van der Waals surface area contributed by atoms with E-state index >= 15 is 0 Å². The lowest BCUT2D eigenvalue weighted by molar-refractivity contribution is -0.368. The lowest BCUT2D eigenvalue weighted by Crippen LogP contribution is -2.70. The molecular weight excluding hydrogens is 732 g/mol. The summed E-state index contributed by atoms with van der Waals surface area (Å²) in [6.07, 6.45) is -36.5. The highest BCUT2D eigenvalue weighted by Gasteiger charge is 2.57. The number of nitrogens with one attached hydrogen (secondary N) is 2. The average Bonchev–Trinajstić information content (AvgIpc) is 3.08. The van der Waals surface area contributed by atoms with Gasteiger partial charge in [0.2, 0.25) is 11.8 Å². The highest BCUT2D eigenvalue weighted by Crippen LogP contribution is 2.34. The van der Waals surface area contributed by atoms with Gasteiger partial charge in [-0.1, -0.05) is 0 Å². The molecule has 4 saturated heterocycles. The van der Waals surface area contributed by atoms with E-state index in [1.54, 1.807) is 0 Å². The van der Waals surface area contributed by atoms with Gasteiger partial charge in [0.15, 0.2) is 37.4 Å². The Hall–Kier alpha value is -2.80. The van der Waals surface area contributed by atoms with Crippen LogP contribution in [0.15, 0.2) is 0 Å². The molecule has 0 aromatic heterocycles. The zero-order valence-corrected chi connectivity index (χ0v) is 27.8. The Kier molecular flexibility index (Phi) is 14.4. The molecule has 0 aliphatic carbocycles. The van der Waals surface area contributed by atoms with E-state index in [4.69, 9.17) is 33.2 Å². The van der Waals surface area contributed by atoms with Crippen LogP contribution in [0.25, 0.3) is 0 Å². The Labute approximate surface area is 298 Å². The molecule has 0 spiro atoms. The molecule has 2 amide bonds. The van der Waals surface area contributed by atoms with Gasteiger partial charge in [0.1, 0.15) is 85.3 Å². The second kappa shape index (κ2) is 17.8. The SMILES string of the molecule is CC(=O)N[C@H]1[C@H](O[C@H]2[C@H](O)[C@@H](O)[C@H](O[C@H]3[C@H](O)[C@@H](CO)OC(O)[C@@H]3NC(C)=O)O[C@@H]2C(=O)O)O[C@H](CO)[C@@H](O)[C@@H]1O[C@@H]1O[C@H](C(=O)O)[C@@H](O)[C@H](O)[C@H]1O. The van der Waals surface area contributed by atoms with E-state index in [1.807, 2.05) is 0 Å². The molecule has 0 radical (unpaired) electrons. The summed E-state index contributed by atoms with van der Waals surface area (Å²) in [4.78, 5) is 48.2. The lowest BCUT2D eigenvalue weighted by atomic mass is 9.94. The molecular formula is C28H44N2O23. The van der Waals surface area contributed by atoms with Crippen molar-refractivity contribution in [3.8, 4) is 0 Å². The summed E-state index contributed by atoms with van der Waals surface area (Å²) in [5.41, 5.74) is 0. The Morgan fingerprint density at radius 3 is 1.43 bits per heavy atom. The first-order valence-electron chi connectivity index (χ1n) is 16.1. The van der Waals surface area contributed by atoms with E-state index in [0.29, 0.717) is 0 Å². The number of ether oxygens (including phenoxy) is 7. The van der Waals surface area contributed by atoms with Gasteiger partial charge in [0.05, 0.1) is 13.2 Å². The summed E-state index contributed by atoms with van der Waals surface area (Å²) < 4.78 is 38.0. The second-order valence-corrected chi connectivity index (χ2v) is 12.7. The highest BCUT2D eigenvalue weighted by atomic mass is 16.8. The predicted molar refractivity (Wildman–Crippen MR) is 158 cm³/mol. The van der Waals surface area contributed by atoms with Gasteiger partial charge in [-0.15, -0.1) is 0 Å². The van der Waals surface area contributed by atoms with Crippen molar-refractivity contribution < 1.29 is 114 Å². The summed E-state index contributed by atoms with van der Waals surface area (Å²) in [6.45, 7) is 0.116. The third-order valence-electron chi connectivity index (χ3n) is 8.94. The van der Waals surface area contributed by atoms with Crippen LogP contribution in [0, 0.1) is 0 Å². The molecule has 53 heavy (non-hydrogen) atoms. The van der Waals surface area contributed by atoms with Crippen molar-refractivity contribution in [1.82, 2.24) is 10.6 Å². The van der Waals surface area contributed by atoms with Crippen LogP contribution >= 0.6 is 0 Å². The molecule has 14 N–H and O–H groups in total. The van der Waals surface area contributed by atoms with E-state index in [1.165, 1.54) is 0 Å². The largest absolute Gasteiger partial charge is 0.479 e. The van der Waals surface area contributed by atoms with Gasteiger partial charge in [0, 0.05) is 13.8 Å². The van der Waals surface area contributed by atoms with Crippen LogP contribution < -0.4 is 10.6 Å². The van der Waals surface area contributed by atoms with Gasteiger partial charge in [-0.3, -0.25) is 9.59 Å². The Balaban J connectivity index is 1.62. The van der Waals surface area contributed by atoms with Crippen LogP contribution in [0.1, 0.15) is 13.8 Å². The summed E-state index contributed by atoms with van der Waals surface area (Å²) >= 11 is 0. The first-order chi connectivity index (χ1) is 24.8. The Bertz CT molecular complexity index is 1300. The summed E-state index contributed by atoms with van der Waals surface area (Å²) in [5, 5.41) is 129. The number of carboxylic acids is 2. The van der Waals surface area contributed by atoms with Gasteiger partial charge >= 0.3 is 11.9 Å². The van der Waals surface area contributed by atoms with Crippen molar-refractivity contribution in [2.24, 2.45) is 0 Å². The summed E-state index contributed by atoms with van der Waals surface area (Å²) in [7, 11) is 0. The molecule has 25 nitrogen and oxygen atoms in total. The van der Waals surface area contributed by atoms with E-state index < -0.39 is 160 Å². The number of carbonyl (C=O) groups is 4. The minimum absolute atomic E-state index is 0.752. The zero-order chi connectivity index (χ0) is 39.6. The molecule has 4 heterocycles. The molecule has 4 fully saturated rings. The fourth-order valence-electron chi connectivity index (χ4n) is 6.30. The van der Waals surface area contributed by atoms with Crippen molar-refractivity contribution in [3.63, 3.8) is 0 Å². The average molecular weight is 777 g/mol. The van der Waals surface area contributed by atoms with Crippen LogP contribution in [0.2, 0.25) is 0 Å². The molecule has 4 aliphatic rings. The number of carbonyl (C=O) groups excluding carboxylic acids is 2. The molecule has 0 bridgehead atoms. The first kappa shape index (κ1) is 42.9. The fourth-order valence-corrected chi connectivity index (χ4v) is 6.30. The van der Waals surface area contributed by atoms with E-state index in [2.05, 4.69) is 10.6 Å². The summed E-state index contributed by atoms with van der Waals surface area (Å²) in [5.74, 6) is -5.28. The fraction of sp³-hybridized carbons (Fsp3) is 0.857. The lowest BCUT2D eigenvalue weighted by Gasteiger charge is -2.49. The number of aliphatic hydroxyl groups excluding tert-OH is 10. The van der Waals surface area contributed by atoms with Gasteiger partial charge < -0.3 is 105 Å². The number of rotatable bonds is 12. The van der Waals surface area contributed by atoms with Crippen molar-refractivity contribution >= 4 is 23.8 Å². The van der Waals surface area contributed by atoms with Crippen molar-refractivity contribution in [1.29, 1.82) is 0 Å². The molecule has 304 valence electrons.